The highest BCUT2D eigenvalue weighted by Crippen LogP contribution is 2.33. The first-order valence-corrected chi connectivity index (χ1v) is 14.3. The Hall–Kier alpha value is -2.48. The number of para-hydroxylation sites is 2. The third kappa shape index (κ3) is 5.22. The normalized spacial score (nSPS) is 19.4. The van der Waals surface area contributed by atoms with Gasteiger partial charge in [0.05, 0.1) is 11.0 Å². The second-order valence-electron chi connectivity index (χ2n) is 9.96. The Bertz CT molecular complexity index is 1130. The first-order chi connectivity index (χ1) is 17.2. The van der Waals surface area contributed by atoms with Crippen molar-refractivity contribution in [3.8, 4) is 0 Å². The number of aromatic nitrogens is 4. The number of fused-ring (bicyclic) bond motifs is 1. The van der Waals surface area contributed by atoms with Crippen LogP contribution < -0.4 is 4.90 Å². The standard InChI is InChI=1S/C27H38N6OS/c1-3-24-29-27(35-30-24)31-17-10-11-20(19-31)26-28-22-14-8-9-15-23(22)33(26)18-16-25(34)32(4-2)21-12-6-5-7-13-21/h8-9,14-15,20-21H,3-7,10-13,16-19H2,1-2H3. The molecule has 1 aliphatic heterocycles. The van der Waals surface area contributed by atoms with E-state index in [1.54, 1.807) is 0 Å². The fourth-order valence-corrected chi connectivity index (χ4v) is 6.69. The van der Waals surface area contributed by atoms with E-state index >= 15 is 0 Å². The molecule has 1 amide bonds. The van der Waals surface area contributed by atoms with Crippen molar-refractivity contribution in [1.82, 2.24) is 23.8 Å². The number of amides is 1. The summed E-state index contributed by atoms with van der Waals surface area (Å²) in [7, 11) is 0. The predicted molar refractivity (Wildman–Crippen MR) is 142 cm³/mol. The van der Waals surface area contributed by atoms with Crippen molar-refractivity contribution in [2.75, 3.05) is 24.5 Å². The molecule has 1 unspecified atom stereocenters. The zero-order valence-corrected chi connectivity index (χ0v) is 22.0. The van der Waals surface area contributed by atoms with Gasteiger partial charge in [0.2, 0.25) is 11.0 Å². The van der Waals surface area contributed by atoms with E-state index in [1.807, 2.05) is 0 Å². The van der Waals surface area contributed by atoms with Gasteiger partial charge >= 0.3 is 0 Å². The molecule has 1 aromatic carbocycles. The summed E-state index contributed by atoms with van der Waals surface area (Å²) in [6, 6.07) is 8.79. The Balaban J connectivity index is 1.35. The number of imidazole rings is 1. The molecule has 1 aliphatic carbocycles. The lowest BCUT2D eigenvalue weighted by Gasteiger charge is -2.34. The van der Waals surface area contributed by atoms with Crippen molar-refractivity contribution in [2.24, 2.45) is 0 Å². The first-order valence-electron chi connectivity index (χ1n) is 13.5. The van der Waals surface area contributed by atoms with Gasteiger partial charge in [0.15, 0.2) is 0 Å². The number of aryl methyl sites for hydroxylation is 2. The van der Waals surface area contributed by atoms with Gasteiger partial charge in [-0.3, -0.25) is 4.79 Å². The maximum atomic E-state index is 13.3. The number of carbonyl (C=O) groups is 1. The van der Waals surface area contributed by atoms with Crippen molar-refractivity contribution in [1.29, 1.82) is 0 Å². The Morgan fingerprint density at radius 3 is 2.69 bits per heavy atom. The topological polar surface area (TPSA) is 67.2 Å². The minimum atomic E-state index is 0.286. The van der Waals surface area contributed by atoms with Crippen LogP contribution in [0.1, 0.15) is 82.8 Å². The minimum Gasteiger partial charge on any atom is -0.346 e. The van der Waals surface area contributed by atoms with Gasteiger partial charge in [-0.2, -0.15) is 4.37 Å². The number of anilines is 1. The van der Waals surface area contributed by atoms with Gasteiger partial charge in [-0.15, -0.1) is 0 Å². The van der Waals surface area contributed by atoms with Gasteiger partial charge in [-0.1, -0.05) is 38.3 Å². The molecule has 0 spiro atoms. The van der Waals surface area contributed by atoms with Crippen LogP contribution in [0.4, 0.5) is 5.13 Å². The molecule has 2 fully saturated rings. The molecule has 8 heteroatoms. The number of hydrogen-bond acceptors (Lipinski definition) is 6. The molecule has 1 saturated carbocycles. The van der Waals surface area contributed by atoms with E-state index in [-0.39, 0.29) is 5.91 Å². The molecule has 1 atom stereocenters. The molecule has 35 heavy (non-hydrogen) atoms. The number of piperidine rings is 1. The summed E-state index contributed by atoms with van der Waals surface area (Å²) in [6.45, 7) is 7.63. The predicted octanol–water partition coefficient (Wildman–Crippen LogP) is 5.41. The maximum absolute atomic E-state index is 13.3. The van der Waals surface area contributed by atoms with Crippen LogP contribution in [0.25, 0.3) is 11.0 Å². The Morgan fingerprint density at radius 1 is 1.09 bits per heavy atom. The molecule has 2 aromatic heterocycles. The lowest BCUT2D eigenvalue weighted by Crippen LogP contribution is -2.41. The molecule has 5 rings (SSSR count). The van der Waals surface area contributed by atoms with Gasteiger partial charge in [0, 0.05) is 62.5 Å². The summed E-state index contributed by atoms with van der Waals surface area (Å²) >= 11 is 1.51. The Kier molecular flexibility index (Phi) is 7.66. The Labute approximate surface area is 212 Å². The molecule has 1 saturated heterocycles. The minimum absolute atomic E-state index is 0.286. The van der Waals surface area contributed by atoms with Crippen molar-refractivity contribution in [2.45, 2.75) is 90.1 Å². The van der Waals surface area contributed by atoms with E-state index in [0.29, 0.717) is 24.9 Å². The zero-order chi connectivity index (χ0) is 24.2. The van der Waals surface area contributed by atoms with Crippen LogP contribution in [0.3, 0.4) is 0 Å². The summed E-state index contributed by atoms with van der Waals surface area (Å²) in [5, 5.41) is 1.02. The molecule has 188 valence electrons. The molecule has 0 bridgehead atoms. The average molecular weight is 495 g/mol. The van der Waals surface area contributed by atoms with Crippen LogP contribution >= 0.6 is 11.5 Å². The Morgan fingerprint density at radius 2 is 1.91 bits per heavy atom. The molecular weight excluding hydrogens is 456 g/mol. The fraction of sp³-hybridized carbons (Fsp3) is 0.630. The van der Waals surface area contributed by atoms with Crippen LogP contribution in [0.2, 0.25) is 0 Å². The van der Waals surface area contributed by atoms with E-state index in [0.717, 1.165) is 79.6 Å². The van der Waals surface area contributed by atoms with Crippen LogP contribution in [-0.2, 0) is 17.8 Å². The number of rotatable bonds is 8. The lowest BCUT2D eigenvalue weighted by atomic mass is 9.94. The van der Waals surface area contributed by atoms with Gasteiger partial charge in [0.25, 0.3) is 0 Å². The van der Waals surface area contributed by atoms with Gasteiger partial charge < -0.3 is 14.4 Å². The quantitative estimate of drug-likeness (QED) is 0.419. The largest absolute Gasteiger partial charge is 0.346 e. The van der Waals surface area contributed by atoms with Crippen molar-refractivity contribution in [3.05, 3.63) is 35.9 Å². The fourth-order valence-electron chi connectivity index (χ4n) is 5.90. The van der Waals surface area contributed by atoms with Crippen LogP contribution in [0.5, 0.6) is 0 Å². The first kappa shape index (κ1) is 24.2. The average Bonchev–Trinajstić information content (AvgIpc) is 3.54. The third-order valence-electron chi connectivity index (χ3n) is 7.74. The summed E-state index contributed by atoms with van der Waals surface area (Å²) in [5.41, 5.74) is 2.16. The number of benzene rings is 1. The molecule has 3 heterocycles. The SMILES string of the molecule is CCc1nsc(N2CCCC(c3nc4ccccc4n3CCC(=O)N(CC)C3CCCCC3)C2)n1. The molecule has 3 aromatic rings. The van der Waals surface area contributed by atoms with Gasteiger partial charge in [-0.25, -0.2) is 9.97 Å². The summed E-state index contributed by atoms with van der Waals surface area (Å²) in [5.74, 6) is 2.65. The van der Waals surface area contributed by atoms with Crippen LogP contribution in [0, 0.1) is 0 Å². The molecule has 2 aliphatic rings. The van der Waals surface area contributed by atoms with E-state index in [9.17, 15) is 4.79 Å². The second-order valence-corrected chi connectivity index (χ2v) is 10.7. The smallest absolute Gasteiger partial charge is 0.224 e. The highest BCUT2D eigenvalue weighted by molar-refractivity contribution is 7.09. The van der Waals surface area contributed by atoms with Gasteiger partial charge in [-0.05, 0) is 44.7 Å². The van der Waals surface area contributed by atoms with E-state index in [2.05, 4.69) is 56.9 Å². The highest BCUT2D eigenvalue weighted by Gasteiger charge is 2.29. The maximum Gasteiger partial charge on any atom is 0.224 e. The van der Waals surface area contributed by atoms with Crippen LogP contribution in [-0.4, -0.2) is 55.4 Å². The molecular formula is C27H38N6OS. The van der Waals surface area contributed by atoms with Crippen LogP contribution in [0.15, 0.2) is 24.3 Å². The van der Waals surface area contributed by atoms with Gasteiger partial charge in [0.1, 0.15) is 11.6 Å². The highest BCUT2D eigenvalue weighted by atomic mass is 32.1. The van der Waals surface area contributed by atoms with E-state index < -0.39 is 0 Å². The third-order valence-corrected chi connectivity index (χ3v) is 8.56. The van der Waals surface area contributed by atoms with Crippen molar-refractivity contribution in [3.63, 3.8) is 0 Å². The summed E-state index contributed by atoms with van der Waals surface area (Å²) < 4.78 is 6.82. The molecule has 0 N–H and O–H groups in total. The van der Waals surface area contributed by atoms with Crippen molar-refractivity contribution < 1.29 is 4.79 Å². The second kappa shape index (κ2) is 11.1. The van der Waals surface area contributed by atoms with E-state index in [4.69, 9.17) is 9.97 Å². The van der Waals surface area contributed by atoms with E-state index in [1.165, 1.54) is 30.8 Å². The lowest BCUT2D eigenvalue weighted by molar-refractivity contribution is -0.134. The summed E-state index contributed by atoms with van der Waals surface area (Å²) in [6.07, 6.45) is 9.73. The van der Waals surface area contributed by atoms with Crippen molar-refractivity contribution >= 4 is 33.6 Å². The molecule has 7 nitrogen and oxygen atoms in total. The number of hydrogen-bond donors (Lipinski definition) is 0. The number of nitrogens with zero attached hydrogens (tertiary/aromatic N) is 6. The molecule has 0 radical (unpaired) electrons. The zero-order valence-electron chi connectivity index (χ0n) is 21.2. The summed E-state index contributed by atoms with van der Waals surface area (Å²) in [4.78, 5) is 27.7. The monoisotopic (exact) mass is 494 g/mol. The number of carbonyl (C=O) groups excluding carboxylic acids is 1.